The minimum absolute atomic E-state index is 0.144. The number of anilines is 1. The number of rotatable bonds is 5. The van der Waals surface area contributed by atoms with Gasteiger partial charge < -0.3 is 14.5 Å². The first-order valence-electron chi connectivity index (χ1n) is 8.22. The number of fused-ring (bicyclic) bond motifs is 1. The first-order valence-corrected chi connectivity index (χ1v) is 9.04. The molecule has 2 aromatic heterocycles. The molecule has 0 saturated carbocycles. The molecule has 0 aliphatic rings. The van der Waals surface area contributed by atoms with Gasteiger partial charge in [-0.25, -0.2) is 9.37 Å². The normalized spacial score (nSPS) is 10.9. The van der Waals surface area contributed by atoms with Crippen LogP contribution in [0.1, 0.15) is 21.3 Å². The highest BCUT2D eigenvalue weighted by Crippen LogP contribution is 2.25. The molecule has 0 saturated heterocycles. The number of aryl methyl sites for hydroxylation is 1. The number of amides is 1. The molecule has 0 spiro atoms. The number of carbonyl (C=O) groups is 1. The van der Waals surface area contributed by atoms with Crippen LogP contribution in [0.25, 0.3) is 10.2 Å². The summed E-state index contributed by atoms with van der Waals surface area (Å²) in [6.45, 7) is 2.09. The zero-order valence-corrected chi connectivity index (χ0v) is 15.2. The summed E-state index contributed by atoms with van der Waals surface area (Å²) in [6, 6.07) is 14.5. The van der Waals surface area contributed by atoms with Crippen molar-refractivity contribution in [1.82, 2.24) is 4.98 Å². The van der Waals surface area contributed by atoms with Crippen molar-refractivity contribution in [3.8, 4) is 5.75 Å². The Morgan fingerprint density at radius 1 is 1.19 bits per heavy atom. The number of carbonyl (C=O) groups excluding carboxylic acids is 1. The van der Waals surface area contributed by atoms with E-state index >= 15 is 0 Å². The van der Waals surface area contributed by atoms with E-state index in [9.17, 15) is 9.18 Å². The van der Waals surface area contributed by atoms with Gasteiger partial charge in [-0.2, -0.15) is 0 Å². The SMILES string of the molecule is Cc1nc2ccc(NC(=O)c3ccc(COc4ccc(F)cc4)o3)cc2s1. The minimum Gasteiger partial charge on any atom is -0.486 e. The fourth-order valence-electron chi connectivity index (χ4n) is 2.57. The highest BCUT2D eigenvalue weighted by Gasteiger charge is 2.13. The second-order valence-electron chi connectivity index (χ2n) is 5.88. The Morgan fingerprint density at radius 2 is 2.00 bits per heavy atom. The summed E-state index contributed by atoms with van der Waals surface area (Å²) >= 11 is 1.57. The number of thiazole rings is 1. The van der Waals surface area contributed by atoms with E-state index in [4.69, 9.17) is 9.15 Å². The van der Waals surface area contributed by atoms with Crippen LogP contribution < -0.4 is 10.1 Å². The van der Waals surface area contributed by atoms with Crippen LogP contribution in [0.3, 0.4) is 0 Å². The van der Waals surface area contributed by atoms with Crippen LogP contribution in [0, 0.1) is 12.7 Å². The summed E-state index contributed by atoms with van der Waals surface area (Å²) in [6.07, 6.45) is 0. The molecule has 4 rings (SSSR count). The number of ether oxygens (including phenoxy) is 1. The van der Waals surface area contributed by atoms with Gasteiger partial charge in [0.2, 0.25) is 0 Å². The lowest BCUT2D eigenvalue weighted by Crippen LogP contribution is -2.10. The van der Waals surface area contributed by atoms with E-state index in [0.717, 1.165) is 15.2 Å². The molecule has 0 atom stereocenters. The van der Waals surface area contributed by atoms with Gasteiger partial charge in [-0.1, -0.05) is 0 Å². The minimum atomic E-state index is -0.344. The lowest BCUT2D eigenvalue weighted by atomic mass is 10.3. The number of nitrogens with zero attached hydrogens (tertiary/aromatic N) is 1. The molecule has 1 amide bonds. The second kappa shape index (κ2) is 7.20. The van der Waals surface area contributed by atoms with Crippen molar-refractivity contribution in [2.45, 2.75) is 13.5 Å². The summed E-state index contributed by atoms with van der Waals surface area (Å²) in [5.41, 5.74) is 1.59. The Hall–Kier alpha value is -3.19. The summed E-state index contributed by atoms with van der Waals surface area (Å²) < 4.78 is 24.9. The predicted octanol–water partition coefficient (Wildman–Crippen LogP) is 5.17. The molecular formula is C20H15FN2O3S. The number of halogens is 1. The highest BCUT2D eigenvalue weighted by molar-refractivity contribution is 7.18. The number of hydrogen-bond donors (Lipinski definition) is 1. The van der Waals surface area contributed by atoms with Crippen LogP contribution in [0.5, 0.6) is 5.75 Å². The third-order valence-corrected chi connectivity index (χ3v) is 4.77. The average molecular weight is 382 g/mol. The maximum Gasteiger partial charge on any atom is 0.291 e. The summed E-state index contributed by atoms with van der Waals surface area (Å²) in [5.74, 6) is 0.535. The maximum absolute atomic E-state index is 12.9. The van der Waals surface area contributed by atoms with Crippen LogP contribution in [0.15, 0.2) is 59.0 Å². The number of nitrogens with one attached hydrogen (secondary N) is 1. The van der Waals surface area contributed by atoms with Crippen LogP contribution in [0.4, 0.5) is 10.1 Å². The van der Waals surface area contributed by atoms with E-state index < -0.39 is 0 Å². The lowest BCUT2D eigenvalue weighted by molar-refractivity contribution is 0.0992. The highest BCUT2D eigenvalue weighted by atomic mass is 32.1. The Balaban J connectivity index is 1.40. The summed E-state index contributed by atoms with van der Waals surface area (Å²) in [4.78, 5) is 16.8. The van der Waals surface area contributed by atoms with E-state index in [-0.39, 0.29) is 24.1 Å². The van der Waals surface area contributed by atoms with Crippen LogP contribution in [-0.4, -0.2) is 10.9 Å². The Bertz CT molecular complexity index is 1100. The molecule has 0 bridgehead atoms. The molecule has 0 unspecified atom stereocenters. The van der Waals surface area contributed by atoms with Gasteiger partial charge >= 0.3 is 0 Å². The van der Waals surface area contributed by atoms with E-state index in [2.05, 4.69) is 10.3 Å². The smallest absolute Gasteiger partial charge is 0.291 e. The molecule has 7 heteroatoms. The molecule has 0 aliphatic carbocycles. The van der Waals surface area contributed by atoms with Crippen molar-refractivity contribution in [2.75, 3.05) is 5.32 Å². The zero-order valence-electron chi connectivity index (χ0n) is 14.4. The quantitative estimate of drug-likeness (QED) is 0.517. The molecular weight excluding hydrogens is 367 g/mol. The van der Waals surface area contributed by atoms with E-state index in [1.54, 1.807) is 29.5 Å². The summed E-state index contributed by atoms with van der Waals surface area (Å²) in [7, 11) is 0. The first-order chi connectivity index (χ1) is 13.1. The average Bonchev–Trinajstić information content (AvgIpc) is 3.26. The van der Waals surface area contributed by atoms with Crippen LogP contribution >= 0.6 is 11.3 Å². The van der Waals surface area contributed by atoms with Crippen molar-refractivity contribution in [3.63, 3.8) is 0 Å². The number of aromatic nitrogens is 1. The number of benzene rings is 2. The van der Waals surface area contributed by atoms with Gasteiger partial charge in [-0.05, 0) is 61.5 Å². The maximum atomic E-state index is 12.9. The van der Waals surface area contributed by atoms with Gasteiger partial charge in [0.05, 0.1) is 15.2 Å². The standard InChI is InChI=1S/C20H15FN2O3S/c1-12-22-17-8-4-14(10-19(17)27-12)23-20(24)18-9-7-16(26-18)11-25-15-5-2-13(21)3-6-15/h2-10H,11H2,1H3,(H,23,24). The fraction of sp³-hybridized carbons (Fsp3) is 0.100. The molecule has 4 aromatic rings. The Labute approximate surface area is 158 Å². The lowest BCUT2D eigenvalue weighted by Gasteiger charge is -2.04. The van der Waals surface area contributed by atoms with Gasteiger partial charge in [0.1, 0.15) is 23.9 Å². The third kappa shape index (κ3) is 3.98. The van der Waals surface area contributed by atoms with Crippen LogP contribution in [-0.2, 0) is 6.61 Å². The number of furan rings is 1. The Kier molecular flexibility index (Phi) is 4.60. The molecule has 1 N–H and O–H groups in total. The van der Waals surface area contributed by atoms with Crippen molar-refractivity contribution >= 4 is 33.1 Å². The molecule has 136 valence electrons. The van der Waals surface area contributed by atoms with E-state index in [1.807, 2.05) is 19.1 Å². The largest absolute Gasteiger partial charge is 0.486 e. The van der Waals surface area contributed by atoms with Gasteiger partial charge in [0.15, 0.2) is 5.76 Å². The van der Waals surface area contributed by atoms with Crippen molar-refractivity contribution in [1.29, 1.82) is 0 Å². The van der Waals surface area contributed by atoms with Crippen molar-refractivity contribution in [2.24, 2.45) is 0 Å². The van der Waals surface area contributed by atoms with Crippen molar-refractivity contribution in [3.05, 3.63) is 76.9 Å². The topological polar surface area (TPSA) is 64.4 Å². The predicted molar refractivity (Wildman–Crippen MR) is 102 cm³/mol. The van der Waals surface area contributed by atoms with Crippen LogP contribution in [0.2, 0.25) is 0 Å². The monoisotopic (exact) mass is 382 g/mol. The van der Waals surface area contributed by atoms with Gasteiger partial charge in [-0.15, -0.1) is 11.3 Å². The molecule has 5 nitrogen and oxygen atoms in total. The van der Waals surface area contributed by atoms with Gasteiger partial charge in [0, 0.05) is 5.69 Å². The molecule has 27 heavy (non-hydrogen) atoms. The summed E-state index contributed by atoms with van der Waals surface area (Å²) in [5, 5.41) is 3.79. The zero-order chi connectivity index (χ0) is 18.8. The molecule has 0 radical (unpaired) electrons. The molecule has 0 aliphatic heterocycles. The first kappa shape index (κ1) is 17.2. The second-order valence-corrected chi connectivity index (χ2v) is 7.11. The number of hydrogen-bond acceptors (Lipinski definition) is 5. The Morgan fingerprint density at radius 3 is 2.81 bits per heavy atom. The fourth-order valence-corrected chi connectivity index (χ4v) is 3.44. The molecule has 0 fully saturated rings. The third-order valence-electron chi connectivity index (χ3n) is 3.83. The van der Waals surface area contributed by atoms with Gasteiger partial charge in [-0.3, -0.25) is 4.79 Å². The van der Waals surface area contributed by atoms with Gasteiger partial charge in [0.25, 0.3) is 5.91 Å². The molecule has 2 heterocycles. The molecule has 2 aromatic carbocycles. The van der Waals surface area contributed by atoms with E-state index in [0.29, 0.717) is 17.2 Å². The van der Waals surface area contributed by atoms with E-state index in [1.165, 1.54) is 24.3 Å². The van der Waals surface area contributed by atoms with Crippen molar-refractivity contribution < 1.29 is 18.3 Å².